The monoisotopic (exact) mass is 334 g/mol. The number of sulfonamides is 1. The molecule has 0 saturated carbocycles. The van der Waals surface area contributed by atoms with Crippen LogP contribution in [0, 0.1) is 11.6 Å². The number of nitrogens with one attached hydrogen (secondary N) is 1. The summed E-state index contributed by atoms with van der Waals surface area (Å²) < 4.78 is 50.5. The molecule has 0 atom stereocenters. The molecule has 0 saturated heterocycles. The van der Waals surface area contributed by atoms with E-state index in [1.165, 1.54) is 0 Å². The van der Waals surface area contributed by atoms with E-state index >= 15 is 0 Å². The van der Waals surface area contributed by atoms with Gasteiger partial charge in [0, 0.05) is 12.6 Å². The standard InChI is InChI=1S/C14H20F2N2O3S/c1-3-4-5-8-17-14(19)10-18(22(2,20)21)11-6-7-12(15)13(16)9-11/h6-7,9H,3-5,8,10H2,1-2H3,(H,17,19). The fourth-order valence-electron chi connectivity index (χ4n) is 1.83. The van der Waals surface area contributed by atoms with E-state index in [9.17, 15) is 22.0 Å². The highest BCUT2D eigenvalue weighted by atomic mass is 32.2. The Morgan fingerprint density at radius 2 is 1.91 bits per heavy atom. The van der Waals surface area contributed by atoms with Crippen molar-refractivity contribution >= 4 is 21.6 Å². The van der Waals surface area contributed by atoms with Gasteiger partial charge in [-0.1, -0.05) is 19.8 Å². The molecule has 0 aliphatic heterocycles. The molecule has 1 aromatic rings. The number of halogens is 2. The first-order valence-electron chi connectivity index (χ1n) is 6.95. The summed E-state index contributed by atoms with van der Waals surface area (Å²) in [5, 5.41) is 2.60. The summed E-state index contributed by atoms with van der Waals surface area (Å²) >= 11 is 0. The second-order valence-electron chi connectivity index (χ2n) is 4.93. The average molecular weight is 334 g/mol. The van der Waals surface area contributed by atoms with Crippen LogP contribution in [0.25, 0.3) is 0 Å². The maximum absolute atomic E-state index is 13.3. The topological polar surface area (TPSA) is 66.5 Å². The quantitative estimate of drug-likeness (QED) is 0.740. The van der Waals surface area contributed by atoms with Gasteiger partial charge in [-0.05, 0) is 18.6 Å². The summed E-state index contributed by atoms with van der Waals surface area (Å²) in [5.41, 5.74) is -0.0925. The fourth-order valence-corrected chi connectivity index (χ4v) is 2.68. The number of amides is 1. The van der Waals surface area contributed by atoms with Crippen LogP contribution >= 0.6 is 0 Å². The van der Waals surface area contributed by atoms with Crippen LogP contribution in [0.4, 0.5) is 14.5 Å². The summed E-state index contributed by atoms with van der Waals surface area (Å²) in [6.07, 6.45) is 3.66. The number of benzene rings is 1. The van der Waals surface area contributed by atoms with Gasteiger partial charge in [0.2, 0.25) is 15.9 Å². The van der Waals surface area contributed by atoms with Crippen LogP contribution in [0.1, 0.15) is 26.2 Å². The molecular formula is C14H20F2N2O3S. The van der Waals surface area contributed by atoms with Crippen LogP contribution in [-0.4, -0.2) is 33.7 Å². The number of hydrogen-bond donors (Lipinski definition) is 1. The third kappa shape index (κ3) is 5.59. The lowest BCUT2D eigenvalue weighted by Crippen LogP contribution is -2.40. The molecule has 0 aromatic heterocycles. The Balaban J connectivity index is 2.82. The third-order valence-corrected chi connectivity index (χ3v) is 4.12. The zero-order valence-corrected chi connectivity index (χ0v) is 13.4. The van der Waals surface area contributed by atoms with Gasteiger partial charge in [0.15, 0.2) is 11.6 Å². The molecule has 0 heterocycles. The number of carbonyl (C=O) groups is 1. The Kier molecular flexibility index (Phi) is 6.73. The van der Waals surface area contributed by atoms with Crippen LogP contribution < -0.4 is 9.62 Å². The van der Waals surface area contributed by atoms with Crippen LogP contribution in [0.15, 0.2) is 18.2 Å². The van der Waals surface area contributed by atoms with E-state index < -0.39 is 34.1 Å². The first-order valence-corrected chi connectivity index (χ1v) is 8.80. The second-order valence-corrected chi connectivity index (χ2v) is 6.83. The number of nitrogens with zero attached hydrogens (tertiary/aromatic N) is 1. The molecule has 0 bridgehead atoms. The molecule has 0 aliphatic carbocycles. The molecule has 1 amide bonds. The number of anilines is 1. The molecule has 0 spiro atoms. The lowest BCUT2D eigenvalue weighted by Gasteiger charge is -2.22. The Morgan fingerprint density at radius 3 is 2.45 bits per heavy atom. The lowest BCUT2D eigenvalue weighted by atomic mass is 10.2. The van der Waals surface area contributed by atoms with E-state index in [0.717, 1.165) is 48.0 Å². The summed E-state index contributed by atoms with van der Waals surface area (Å²) in [6, 6.07) is 2.69. The highest BCUT2D eigenvalue weighted by Gasteiger charge is 2.21. The van der Waals surface area contributed by atoms with Gasteiger partial charge >= 0.3 is 0 Å². The first-order chi connectivity index (χ1) is 10.3. The highest BCUT2D eigenvalue weighted by Crippen LogP contribution is 2.20. The predicted octanol–water partition coefficient (Wildman–Crippen LogP) is 2.04. The third-order valence-electron chi connectivity index (χ3n) is 2.98. The average Bonchev–Trinajstić information content (AvgIpc) is 2.43. The summed E-state index contributed by atoms with van der Waals surface area (Å²) in [4.78, 5) is 11.8. The van der Waals surface area contributed by atoms with Gasteiger partial charge in [0.05, 0.1) is 11.9 Å². The van der Waals surface area contributed by atoms with Gasteiger partial charge < -0.3 is 5.32 Å². The van der Waals surface area contributed by atoms with Crippen LogP contribution in [0.5, 0.6) is 0 Å². The Bertz CT molecular complexity index is 621. The first kappa shape index (κ1) is 18.3. The normalized spacial score (nSPS) is 11.3. The molecule has 8 heteroatoms. The molecular weight excluding hydrogens is 314 g/mol. The predicted molar refractivity (Wildman–Crippen MR) is 81.1 cm³/mol. The van der Waals surface area contributed by atoms with Crippen molar-refractivity contribution in [2.75, 3.05) is 23.7 Å². The fraction of sp³-hybridized carbons (Fsp3) is 0.500. The molecule has 124 valence electrons. The van der Waals surface area contributed by atoms with Gasteiger partial charge in [0.25, 0.3) is 0 Å². The largest absolute Gasteiger partial charge is 0.355 e. The molecule has 1 rings (SSSR count). The number of unbranched alkanes of at least 4 members (excludes halogenated alkanes) is 2. The molecule has 5 nitrogen and oxygen atoms in total. The lowest BCUT2D eigenvalue weighted by molar-refractivity contribution is -0.119. The van der Waals surface area contributed by atoms with Crippen LogP contribution in [-0.2, 0) is 14.8 Å². The van der Waals surface area contributed by atoms with E-state index in [2.05, 4.69) is 5.32 Å². The minimum atomic E-state index is -3.79. The maximum atomic E-state index is 13.3. The molecule has 0 radical (unpaired) electrons. The SMILES string of the molecule is CCCCCNC(=O)CN(c1ccc(F)c(F)c1)S(C)(=O)=O. The van der Waals surface area contributed by atoms with Gasteiger partial charge in [-0.25, -0.2) is 17.2 Å². The maximum Gasteiger partial charge on any atom is 0.240 e. The number of rotatable bonds is 8. The zero-order valence-electron chi connectivity index (χ0n) is 12.6. The van der Waals surface area contributed by atoms with E-state index in [0.29, 0.717) is 6.54 Å². The van der Waals surface area contributed by atoms with Gasteiger partial charge in [0.1, 0.15) is 6.54 Å². The van der Waals surface area contributed by atoms with Gasteiger partial charge in [-0.15, -0.1) is 0 Å². The molecule has 0 unspecified atom stereocenters. The zero-order chi connectivity index (χ0) is 16.8. The summed E-state index contributed by atoms with van der Waals surface area (Å²) in [7, 11) is -3.79. The molecule has 0 aliphatic rings. The highest BCUT2D eigenvalue weighted by molar-refractivity contribution is 7.92. The number of hydrogen-bond acceptors (Lipinski definition) is 3. The van der Waals surface area contributed by atoms with E-state index in [1.807, 2.05) is 6.92 Å². The molecule has 1 N–H and O–H groups in total. The van der Waals surface area contributed by atoms with Crippen molar-refractivity contribution in [3.8, 4) is 0 Å². The van der Waals surface area contributed by atoms with Crippen molar-refractivity contribution in [3.05, 3.63) is 29.8 Å². The molecule has 22 heavy (non-hydrogen) atoms. The molecule has 1 aromatic carbocycles. The van der Waals surface area contributed by atoms with Crippen molar-refractivity contribution in [1.29, 1.82) is 0 Å². The Labute approximate surface area is 129 Å². The van der Waals surface area contributed by atoms with Gasteiger partial charge in [-0.2, -0.15) is 0 Å². The van der Waals surface area contributed by atoms with E-state index in [-0.39, 0.29) is 5.69 Å². The minimum absolute atomic E-state index is 0.0925. The van der Waals surface area contributed by atoms with Crippen molar-refractivity contribution in [2.24, 2.45) is 0 Å². The molecule has 0 fully saturated rings. The van der Waals surface area contributed by atoms with Crippen LogP contribution in [0.3, 0.4) is 0 Å². The Hall–Kier alpha value is -1.70. The van der Waals surface area contributed by atoms with Gasteiger partial charge in [-0.3, -0.25) is 9.10 Å². The summed E-state index contributed by atoms with van der Waals surface area (Å²) in [6.45, 7) is 1.99. The minimum Gasteiger partial charge on any atom is -0.355 e. The Morgan fingerprint density at radius 1 is 1.23 bits per heavy atom. The van der Waals surface area contributed by atoms with Crippen molar-refractivity contribution in [3.63, 3.8) is 0 Å². The summed E-state index contributed by atoms with van der Waals surface area (Å²) in [5.74, 6) is -2.75. The smallest absolute Gasteiger partial charge is 0.240 e. The van der Waals surface area contributed by atoms with Crippen LogP contribution in [0.2, 0.25) is 0 Å². The second kappa shape index (κ2) is 8.07. The van der Waals surface area contributed by atoms with E-state index in [4.69, 9.17) is 0 Å². The number of carbonyl (C=O) groups excluding carboxylic acids is 1. The van der Waals surface area contributed by atoms with Crippen molar-refractivity contribution < 1.29 is 22.0 Å². The van der Waals surface area contributed by atoms with Crippen molar-refractivity contribution in [1.82, 2.24) is 5.32 Å². The van der Waals surface area contributed by atoms with E-state index in [1.54, 1.807) is 0 Å². The van der Waals surface area contributed by atoms with Crippen molar-refractivity contribution in [2.45, 2.75) is 26.2 Å².